The van der Waals surface area contributed by atoms with Crippen LogP contribution in [0.15, 0.2) is 18.2 Å². The molecule has 0 atom stereocenters. The molecule has 0 saturated carbocycles. The maximum absolute atomic E-state index is 6.03. The number of rotatable bonds is 5. The third-order valence-electron chi connectivity index (χ3n) is 2.98. The van der Waals surface area contributed by atoms with Gasteiger partial charge < -0.3 is 5.73 Å². The predicted molar refractivity (Wildman–Crippen MR) is 76.7 cm³/mol. The van der Waals surface area contributed by atoms with Gasteiger partial charge in [-0.25, -0.2) is 4.68 Å². The molecule has 2 aromatic rings. The molecule has 0 unspecified atom stereocenters. The van der Waals surface area contributed by atoms with Gasteiger partial charge in [-0.05, 0) is 41.3 Å². The Morgan fingerprint density at radius 2 is 2.16 bits per heavy atom. The zero-order valence-corrected chi connectivity index (χ0v) is 11.9. The minimum atomic E-state index is 0.518. The minimum Gasteiger partial charge on any atom is -0.397 e. The van der Waals surface area contributed by atoms with E-state index >= 15 is 0 Å². The normalized spacial score (nSPS) is 11.2. The van der Waals surface area contributed by atoms with Crippen LogP contribution in [0.5, 0.6) is 0 Å². The summed E-state index contributed by atoms with van der Waals surface area (Å²) in [4.78, 5) is 0. The van der Waals surface area contributed by atoms with Gasteiger partial charge in [0.05, 0.1) is 10.7 Å². The number of nitrogens with zero attached hydrogens (tertiary/aromatic N) is 4. The molecule has 1 aromatic carbocycles. The molecule has 0 fully saturated rings. The van der Waals surface area contributed by atoms with Crippen LogP contribution in [0, 0.1) is 5.92 Å². The number of benzene rings is 1. The molecule has 1 aromatic heterocycles. The lowest BCUT2D eigenvalue weighted by molar-refractivity contribution is 0.485. The Morgan fingerprint density at radius 3 is 2.89 bits per heavy atom. The average molecular weight is 280 g/mol. The van der Waals surface area contributed by atoms with E-state index in [1.165, 1.54) is 0 Å². The Labute approximate surface area is 117 Å². The van der Waals surface area contributed by atoms with Gasteiger partial charge in [0.2, 0.25) is 0 Å². The zero-order valence-electron chi connectivity index (χ0n) is 11.2. The number of aromatic nitrogens is 4. The first-order chi connectivity index (χ1) is 9.09. The van der Waals surface area contributed by atoms with Crippen LogP contribution in [-0.2, 0) is 6.54 Å². The smallest absolute Gasteiger partial charge is 0.184 e. The number of nitrogens with two attached hydrogens (primary N) is 1. The molecule has 1 heterocycles. The number of halogens is 1. The first-order valence-corrected chi connectivity index (χ1v) is 6.78. The molecule has 0 bridgehead atoms. The molecule has 2 rings (SSSR count). The number of aryl methyl sites for hydroxylation is 1. The fourth-order valence-electron chi connectivity index (χ4n) is 1.93. The van der Waals surface area contributed by atoms with E-state index in [0.29, 0.717) is 22.5 Å². The highest BCUT2D eigenvalue weighted by Crippen LogP contribution is 2.29. The van der Waals surface area contributed by atoms with Crippen molar-refractivity contribution in [2.45, 2.75) is 33.2 Å². The average Bonchev–Trinajstić information content (AvgIpc) is 2.80. The number of hydrogen-bond donors (Lipinski definition) is 1. The highest BCUT2D eigenvalue weighted by molar-refractivity contribution is 6.33. The van der Waals surface area contributed by atoms with E-state index in [9.17, 15) is 0 Å². The molecule has 0 spiro atoms. The van der Waals surface area contributed by atoms with Gasteiger partial charge in [-0.3, -0.25) is 0 Å². The topological polar surface area (TPSA) is 69.6 Å². The molecule has 5 nitrogen and oxygen atoms in total. The van der Waals surface area contributed by atoms with Gasteiger partial charge in [-0.1, -0.05) is 31.5 Å². The summed E-state index contributed by atoms with van der Waals surface area (Å²) in [6.45, 7) is 5.19. The molecule has 0 aliphatic rings. The van der Waals surface area contributed by atoms with Crippen molar-refractivity contribution in [1.82, 2.24) is 20.2 Å². The van der Waals surface area contributed by atoms with Crippen molar-refractivity contribution in [2.75, 3.05) is 5.73 Å². The summed E-state index contributed by atoms with van der Waals surface area (Å²) in [6.07, 6.45) is 2.18. The van der Waals surface area contributed by atoms with E-state index in [0.717, 1.165) is 24.9 Å². The lowest BCUT2D eigenvalue weighted by Gasteiger charge is -2.08. The van der Waals surface area contributed by atoms with Crippen LogP contribution >= 0.6 is 11.6 Å². The van der Waals surface area contributed by atoms with E-state index in [-0.39, 0.29) is 0 Å². The van der Waals surface area contributed by atoms with Crippen LogP contribution in [0.1, 0.15) is 26.7 Å². The molecule has 102 valence electrons. The molecule has 0 radical (unpaired) electrons. The van der Waals surface area contributed by atoms with Gasteiger partial charge >= 0.3 is 0 Å². The van der Waals surface area contributed by atoms with Gasteiger partial charge in [0.1, 0.15) is 0 Å². The second-order valence-electron chi connectivity index (χ2n) is 4.96. The Bertz CT molecular complexity index is 550. The van der Waals surface area contributed by atoms with Crippen LogP contribution in [-0.4, -0.2) is 20.2 Å². The van der Waals surface area contributed by atoms with Crippen molar-refractivity contribution >= 4 is 17.3 Å². The summed E-state index contributed by atoms with van der Waals surface area (Å²) in [6, 6.07) is 5.49. The highest BCUT2D eigenvalue weighted by Gasteiger charge is 2.13. The van der Waals surface area contributed by atoms with Crippen molar-refractivity contribution in [1.29, 1.82) is 0 Å². The Balaban J connectivity index is 2.21. The molecular formula is C13H18ClN5. The predicted octanol–water partition coefficient (Wildman–Crippen LogP) is 3.01. The number of hydrogen-bond acceptors (Lipinski definition) is 4. The van der Waals surface area contributed by atoms with Crippen molar-refractivity contribution in [3.8, 4) is 11.4 Å². The summed E-state index contributed by atoms with van der Waals surface area (Å²) < 4.78 is 1.78. The van der Waals surface area contributed by atoms with E-state index in [2.05, 4.69) is 29.4 Å². The van der Waals surface area contributed by atoms with E-state index in [4.69, 9.17) is 17.3 Å². The Hall–Kier alpha value is -1.62. The molecule has 0 aliphatic carbocycles. The first-order valence-electron chi connectivity index (χ1n) is 6.40. The molecule has 19 heavy (non-hydrogen) atoms. The van der Waals surface area contributed by atoms with Crippen LogP contribution in [0.3, 0.4) is 0 Å². The first kappa shape index (κ1) is 13.8. The van der Waals surface area contributed by atoms with E-state index in [1.54, 1.807) is 10.7 Å². The van der Waals surface area contributed by atoms with Crippen LogP contribution in [0.25, 0.3) is 11.4 Å². The van der Waals surface area contributed by atoms with Gasteiger partial charge in [0.15, 0.2) is 5.82 Å². The number of para-hydroxylation sites is 1. The quantitative estimate of drug-likeness (QED) is 0.854. The third kappa shape index (κ3) is 3.23. The SMILES string of the molecule is CC(C)CCCn1nnnc1-c1cccc(Cl)c1N. The van der Waals surface area contributed by atoms with Gasteiger partial charge in [0, 0.05) is 12.1 Å². The standard InChI is InChI=1S/C13H18ClN5/c1-9(2)5-4-8-19-13(16-17-18-19)10-6-3-7-11(14)12(10)15/h3,6-7,9H,4-5,8,15H2,1-2H3. The fraction of sp³-hybridized carbons (Fsp3) is 0.462. The minimum absolute atomic E-state index is 0.518. The van der Waals surface area contributed by atoms with Crippen LogP contribution in [0.4, 0.5) is 5.69 Å². The molecule has 0 amide bonds. The summed E-state index contributed by atoms with van der Waals surface area (Å²) >= 11 is 6.03. The lowest BCUT2D eigenvalue weighted by Crippen LogP contribution is -2.05. The zero-order chi connectivity index (χ0) is 13.8. The highest BCUT2D eigenvalue weighted by atomic mass is 35.5. The Kier molecular flexibility index (Phi) is 4.37. The van der Waals surface area contributed by atoms with Crippen LogP contribution in [0.2, 0.25) is 5.02 Å². The van der Waals surface area contributed by atoms with Crippen molar-refractivity contribution < 1.29 is 0 Å². The van der Waals surface area contributed by atoms with Crippen LogP contribution < -0.4 is 5.73 Å². The third-order valence-corrected chi connectivity index (χ3v) is 3.31. The molecule has 6 heteroatoms. The summed E-state index contributed by atoms with van der Waals surface area (Å²) in [5.74, 6) is 1.35. The van der Waals surface area contributed by atoms with Crippen molar-refractivity contribution in [3.05, 3.63) is 23.2 Å². The summed E-state index contributed by atoms with van der Waals surface area (Å²) in [5.41, 5.74) is 7.28. The van der Waals surface area contributed by atoms with Gasteiger partial charge in [0.25, 0.3) is 0 Å². The molecule has 2 N–H and O–H groups in total. The van der Waals surface area contributed by atoms with Gasteiger partial charge in [-0.2, -0.15) is 0 Å². The monoisotopic (exact) mass is 279 g/mol. The maximum atomic E-state index is 6.03. The second kappa shape index (κ2) is 6.02. The molecular weight excluding hydrogens is 262 g/mol. The van der Waals surface area contributed by atoms with E-state index < -0.39 is 0 Å². The number of nitrogen functional groups attached to an aromatic ring is 1. The number of tetrazole rings is 1. The van der Waals surface area contributed by atoms with Gasteiger partial charge in [-0.15, -0.1) is 5.10 Å². The summed E-state index contributed by atoms with van der Waals surface area (Å²) in [7, 11) is 0. The van der Waals surface area contributed by atoms with E-state index in [1.807, 2.05) is 12.1 Å². The lowest BCUT2D eigenvalue weighted by atomic mass is 10.1. The van der Waals surface area contributed by atoms with Crippen molar-refractivity contribution in [3.63, 3.8) is 0 Å². The molecule has 0 aliphatic heterocycles. The maximum Gasteiger partial charge on any atom is 0.184 e. The summed E-state index contributed by atoms with van der Waals surface area (Å²) in [5, 5.41) is 12.3. The largest absolute Gasteiger partial charge is 0.397 e. The second-order valence-corrected chi connectivity index (χ2v) is 5.37. The Morgan fingerprint density at radius 1 is 1.37 bits per heavy atom. The fourth-order valence-corrected chi connectivity index (χ4v) is 2.10. The number of anilines is 1. The molecule has 0 saturated heterocycles. The van der Waals surface area contributed by atoms with Crippen molar-refractivity contribution in [2.24, 2.45) is 5.92 Å².